The van der Waals surface area contributed by atoms with Crippen LogP contribution in [-0.4, -0.2) is 38.5 Å². The van der Waals surface area contributed by atoms with Crippen LogP contribution in [0.3, 0.4) is 0 Å². The van der Waals surface area contributed by atoms with Gasteiger partial charge in [-0.1, -0.05) is 59.3 Å². The van der Waals surface area contributed by atoms with Crippen molar-refractivity contribution in [1.29, 1.82) is 0 Å². The molecule has 0 bridgehead atoms. The standard InChI is InChI=1S/C24H26N2O3S/c1-15-6-4-8-17(10-15)21-22(18-9-5-7-16(2)11-18)26-23(25-21)30-14-19-12-24(3,28)13-20(27)29-19/h4-11,19,28H,12-14H2,1-3H3,(H,25,26)/t19-,24-/m1/s1. The SMILES string of the molecule is Cc1cccc(-c2nc(SC[C@H]3C[C@@](C)(O)CC(=O)O3)[nH]c2-c2cccc(C)c2)c1. The smallest absolute Gasteiger partial charge is 0.309 e. The summed E-state index contributed by atoms with van der Waals surface area (Å²) in [5.74, 6) is 0.188. The van der Waals surface area contributed by atoms with E-state index < -0.39 is 5.60 Å². The van der Waals surface area contributed by atoms with Gasteiger partial charge in [0.15, 0.2) is 5.16 Å². The van der Waals surface area contributed by atoms with Crippen molar-refractivity contribution in [3.05, 3.63) is 59.7 Å². The molecule has 156 valence electrons. The van der Waals surface area contributed by atoms with Crippen LogP contribution in [0.4, 0.5) is 0 Å². The van der Waals surface area contributed by atoms with Crippen molar-refractivity contribution in [3.8, 4) is 22.5 Å². The first-order valence-corrected chi connectivity index (χ1v) is 11.1. The lowest BCUT2D eigenvalue weighted by Crippen LogP contribution is -2.41. The molecule has 1 aliphatic rings. The lowest BCUT2D eigenvalue weighted by molar-refractivity contribution is -0.165. The first-order valence-electron chi connectivity index (χ1n) is 10.1. The van der Waals surface area contributed by atoms with E-state index in [2.05, 4.69) is 55.2 Å². The number of ether oxygens (including phenoxy) is 1. The highest BCUT2D eigenvalue weighted by Crippen LogP contribution is 2.35. The van der Waals surface area contributed by atoms with Gasteiger partial charge in [0.05, 0.1) is 23.4 Å². The van der Waals surface area contributed by atoms with Gasteiger partial charge in [0.2, 0.25) is 0 Å². The molecule has 30 heavy (non-hydrogen) atoms. The third kappa shape index (κ3) is 4.77. The van der Waals surface area contributed by atoms with Crippen LogP contribution in [0.15, 0.2) is 53.7 Å². The fourth-order valence-corrected chi connectivity index (χ4v) is 4.70. The Morgan fingerprint density at radius 3 is 2.50 bits per heavy atom. The summed E-state index contributed by atoms with van der Waals surface area (Å²) in [6.07, 6.45) is 0.146. The minimum absolute atomic E-state index is 0.0456. The molecule has 6 heteroatoms. The Labute approximate surface area is 180 Å². The number of aromatic amines is 1. The number of hydrogen-bond donors (Lipinski definition) is 2. The number of carbonyl (C=O) groups excluding carboxylic acids is 1. The van der Waals surface area contributed by atoms with E-state index in [4.69, 9.17) is 9.72 Å². The zero-order valence-electron chi connectivity index (χ0n) is 17.4. The average molecular weight is 423 g/mol. The van der Waals surface area contributed by atoms with E-state index in [1.54, 1.807) is 6.92 Å². The molecule has 2 N–H and O–H groups in total. The maximum absolute atomic E-state index is 11.8. The number of aryl methyl sites for hydroxylation is 2. The summed E-state index contributed by atoms with van der Waals surface area (Å²) in [5.41, 5.74) is 5.36. The fraction of sp³-hybridized carbons (Fsp3) is 0.333. The van der Waals surface area contributed by atoms with Gasteiger partial charge in [-0.25, -0.2) is 4.98 Å². The van der Waals surface area contributed by atoms with E-state index in [-0.39, 0.29) is 18.5 Å². The topological polar surface area (TPSA) is 75.2 Å². The number of cyclic esters (lactones) is 1. The molecular weight excluding hydrogens is 396 g/mol. The lowest BCUT2D eigenvalue weighted by atomic mass is 9.93. The molecule has 0 unspecified atom stereocenters. The molecular formula is C24H26N2O3S. The minimum Gasteiger partial charge on any atom is -0.461 e. The minimum atomic E-state index is -1.01. The van der Waals surface area contributed by atoms with Crippen molar-refractivity contribution in [1.82, 2.24) is 9.97 Å². The first kappa shape index (κ1) is 20.7. The van der Waals surface area contributed by atoms with Gasteiger partial charge in [0, 0.05) is 23.3 Å². The number of benzene rings is 2. The Balaban J connectivity index is 1.63. The van der Waals surface area contributed by atoms with Crippen molar-refractivity contribution in [2.45, 2.75) is 50.5 Å². The highest BCUT2D eigenvalue weighted by molar-refractivity contribution is 7.99. The van der Waals surface area contributed by atoms with Crippen LogP contribution in [0.5, 0.6) is 0 Å². The highest BCUT2D eigenvalue weighted by Gasteiger charge is 2.36. The number of aromatic nitrogens is 2. The molecule has 2 aromatic carbocycles. The number of H-pyrrole nitrogens is 1. The third-order valence-electron chi connectivity index (χ3n) is 5.18. The fourth-order valence-electron chi connectivity index (χ4n) is 3.84. The average Bonchev–Trinajstić information content (AvgIpc) is 3.09. The Kier molecular flexibility index (Phi) is 5.71. The maximum atomic E-state index is 11.8. The maximum Gasteiger partial charge on any atom is 0.309 e. The van der Waals surface area contributed by atoms with Crippen LogP contribution in [0.2, 0.25) is 0 Å². The van der Waals surface area contributed by atoms with Gasteiger partial charge >= 0.3 is 5.97 Å². The van der Waals surface area contributed by atoms with Crippen LogP contribution in [0.25, 0.3) is 22.5 Å². The molecule has 3 aromatic rings. The van der Waals surface area contributed by atoms with Gasteiger partial charge in [-0.3, -0.25) is 4.79 Å². The number of aliphatic hydroxyl groups is 1. The molecule has 2 atom stereocenters. The molecule has 1 aromatic heterocycles. The second-order valence-corrected chi connectivity index (χ2v) is 9.31. The van der Waals surface area contributed by atoms with Gasteiger partial charge in [-0.2, -0.15) is 0 Å². The van der Waals surface area contributed by atoms with Crippen molar-refractivity contribution in [3.63, 3.8) is 0 Å². The predicted octanol–water partition coefficient (Wildman–Crippen LogP) is 4.91. The Bertz CT molecular complexity index is 1010. The Morgan fingerprint density at radius 1 is 1.17 bits per heavy atom. The van der Waals surface area contributed by atoms with E-state index in [0.717, 1.165) is 27.7 Å². The molecule has 0 spiro atoms. The van der Waals surface area contributed by atoms with E-state index >= 15 is 0 Å². The van der Waals surface area contributed by atoms with E-state index in [1.807, 2.05) is 12.1 Å². The number of thioether (sulfide) groups is 1. The molecule has 0 amide bonds. The molecule has 1 aliphatic heterocycles. The Hall–Kier alpha value is -2.57. The van der Waals surface area contributed by atoms with Crippen molar-refractivity contribution in [2.24, 2.45) is 0 Å². The summed E-state index contributed by atoms with van der Waals surface area (Å²) >= 11 is 1.51. The summed E-state index contributed by atoms with van der Waals surface area (Å²) in [5, 5.41) is 11.0. The van der Waals surface area contributed by atoms with Crippen LogP contribution in [0, 0.1) is 13.8 Å². The number of nitrogens with zero attached hydrogens (tertiary/aromatic N) is 1. The second kappa shape index (κ2) is 8.28. The number of imidazole rings is 1. The Morgan fingerprint density at radius 2 is 1.83 bits per heavy atom. The predicted molar refractivity (Wildman–Crippen MR) is 119 cm³/mol. The summed E-state index contributed by atoms with van der Waals surface area (Å²) in [4.78, 5) is 20.1. The van der Waals surface area contributed by atoms with E-state index in [0.29, 0.717) is 12.2 Å². The largest absolute Gasteiger partial charge is 0.461 e. The summed E-state index contributed by atoms with van der Waals surface area (Å²) in [6, 6.07) is 16.6. The van der Waals surface area contributed by atoms with Crippen molar-refractivity contribution >= 4 is 17.7 Å². The number of esters is 1. The molecule has 0 saturated carbocycles. The number of carbonyl (C=O) groups is 1. The lowest BCUT2D eigenvalue weighted by Gasteiger charge is -2.32. The monoisotopic (exact) mass is 422 g/mol. The zero-order chi connectivity index (χ0) is 21.3. The van der Waals surface area contributed by atoms with Gasteiger partial charge in [0.1, 0.15) is 6.10 Å². The molecule has 0 aliphatic carbocycles. The highest BCUT2D eigenvalue weighted by atomic mass is 32.2. The van der Waals surface area contributed by atoms with Crippen LogP contribution < -0.4 is 0 Å². The van der Waals surface area contributed by atoms with Crippen LogP contribution in [-0.2, 0) is 9.53 Å². The molecule has 4 rings (SSSR count). The first-order chi connectivity index (χ1) is 14.3. The van der Waals surface area contributed by atoms with Gasteiger partial charge in [-0.05, 0) is 32.9 Å². The molecule has 5 nitrogen and oxygen atoms in total. The molecule has 0 radical (unpaired) electrons. The van der Waals surface area contributed by atoms with Crippen LogP contribution in [0.1, 0.15) is 30.9 Å². The van der Waals surface area contributed by atoms with Gasteiger partial charge in [-0.15, -0.1) is 0 Å². The third-order valence-corrected chi connectivity index (χ3v) is 6.18. The van der Waals surface area contributed by atoms with Crippen molar-refractivity contribution < 1.29 is 14.6 Å². The normalized spacial score (nSPS) is 21.5. The van der Waals surface area contributed by atoms with Crippen LogP contribution >= 0.6 is 11.8 Å². The zero-order valence-corrected chi connectivity index (χ0v) is 18.3. The van der Waals surface area contributed by atoms with Crippen molar-refractivity contribution in [2.75, 3.05) is 5.75 Å². The quantitative estimate of drug-likeness (QED) is 0.451. The summed E-state index contributed by atoms with van der Waals surface area (Å²) < 4.78 is 5.42. The van der Waals surface area contributed by atoms with Gasteiger partial charge < -0.3 is 14.8 Å². The number of hydrogen-bond acceptors (Lipinski definition) is 5. The second-order valence-electron chi connectivity index (χ2n) is 8.31. The number of nitrogens with one attached hydrogen (secondary N) is 1. The van der Waals surface area contributed by atoms with E-state index in [9.17, 15) is 9.90 Å². The van der Waals surface area contributed by atoms with Gasteiger partial charge in [0.25, 0.3) is 0 Å². The van der Waals surface area contributed by atoms with E-state index in [1.165, 1.54) is 22.9 Å². The number of rotatable bonds is 5. The molecule has 2 heterocycles. The molecule has 1 fully saturated rings. The summed E-state index contributed by atoms with van der Waals surface area (Å²) in [6.45, 7) is 5.83. The summed E-state index contributed by atoms with van der Waals surface area (Å²) in [7, 11) is 0. The molecule has 1 saturated heterocycles.